The minimum Gasteiger partial charge on any atom is -0.0701 e. The van der Waals surface area contributed by atoms with Crippen molar-refractivity contribution < 1.29 is 0 Å². The Morgan fingerprint density at radius 3 is 2.23 bits per heavy atom. The van der Waals surface area contributed by atoms with Gasteiger partial charge in [0.05, 0.1) is 0 Å². The van der Waals surface area contributed by atoms with Gasteiger partial charge in [0.2, 0.25) is 0 Å². The number of rotatable bonds is 0. The van der Waals surface area contributed by atoms with E-state index in [-0.39, 0.29) is 0 Å². The van der Waals surface area contributed by atoms with E-state index in [1.807, 2.05) is 0 Å². The molecule has 0 bridgehead atoms. The summed E-state index contributed by atoms with van der Waals surface area (Å²) in [5.41, 5.74) is 6.24. The van der Waals surface area contributed by atoms with Crippen LogP contribution in [-0.2, 0) is 0 Å². The normalized spacial score (nSPS) is 26.1. The fourth-order valence-corrected chi connectivity index (χ4v) is 2.06. The molecule has 0 fully saturated rings. The second kappa shape index (κ2) is 4.13. The van der Waals surface area contributed by atoms with Crippen LogP contribution < -0.4 is 0 Å². The van der Waals surface area contributed by atoms with Crippen molar-refractivity contribution in [1.29, 1.82) is 0 Å². The lowest BCUT2D eigenvalue weighted by molar-refractivity contribution is 0.566. The predicted molar refractivity (Wildman–Crippen MR) is 59.8 cm³/mol. The van der Waals surface area contributed by atoms with Crippen LogP contribution in [0.1, 0.15) is 53.9 Å². The number of hydrogen-bond donors (Lipinski definition) is 0. The molecule has 1 rings (SSSR count). The van der Waals surface area contributed by atoms with E-state index in [9.17, 15) is 0 Å². The molecule has 1 atom stereocenters. The van der Waals surface area contributed by atoms with Gasteiger partial charge in [-0.1, -0.05) is 18.1 Å². The van der Waals surface area contributed by atoms with E-state index in [1.54, 1.807) is 11.1 Å². The van der Waals surface area contributed by atoms with Crippen LogP contribution in [-0.4, -0.2) is 0 Å². The van der Waals surface area contributed by atoms with Gasteiger partial charge in [0.1, 0.15) is 0 Å². The lowest BCUT2D eigenvalue weighted by Gasteiger charge is -2.21. The fourth-order valence-electron chi connectivity index (χ4n) is 2.06. The molecule has 1 unspecified atom stereocenters. The first kappa shape index (κ1) is 10.6. The van der Waals surface area contributed by atoms with Gasteiger partial charge in [-0.25, -0.2) is 0 Å². The Hall–Kier alpha value is -0.520. The molecule has 0 aromatic heterocycles. The summed E-state index contributed by atoms with van der Waals surface area (Å²) in [6, 6.07) is 0. The van der Waals surface area contributed by atoms with Crippen LogP contribution in [0.4, 0.5) is 0 Å². The molecule has 0 saturated heterocycles. The smallest absolute Gasteiger partial charge is 0.0229 e. The van der Waals surface area contributed by atoms with E-state index in [4.69, 9.17) is 0 Å². The highest BCUT2D eigenvalue weighted by molar-refractivity contribution is 5.36. The third-order valence-corrected chi connectivity index (χ3v) is 3.72. The lowest BCUT2D eigenvalue weighted by atomic mass is 9.85. The second-order valence-electron chi connectivity index (χ2n) is 4.51. The molecule has 0 aromatic carbocycles. The first-order valence-electron chi connectivity index (χ1n) is 5.38. The zero-order chi connectivity index (χ0) is 10.0. The molecule has 0 spiro atoms. The Labute approximate surface area is 82.7 Å². The molecule has 0 saturated carbocycles. The Kier molecular flexibility index (Phi) is 3.35. The Morgan fingerprint density at radius 1 is 1.00 bits per heavy atom. The van der Waals surface area contributed by atoms with Crippen LogP contribution in [0.15, 0.2) is 22.3 Å². The minimum absolute atomic E-state index is 0.781. The summed E-state index contributed by atoms with van der Waals surface area (Å²) in [5.74, 6) is 0.781. The third-order valence-electron chi connectivity index (χ3n) is 3.72. The summed E-state index contributed by atoms with van der Waals surface area (Å²) < 4.78 is 0. The molecule has 74 valence electrons. The van der Waals surface area contributed by atoms with Crippen LogP contribution >= 0.6 is 0 Å². The first-order valence-corrected chi connectivity index (χ1v) is 5.38. The Balaban J connectivity index is 3.08. The quantitative estimate of drug-likeness (QED) is 0.513. The molecule has 1 aliphatic rings. The number of hydrogen-bond acceptors (Lipinski definition) is 0. The van der Waals surface area contributed by atoms with Crippen molar-refractivity contribution in [3.63, 3.8) is 0 Å². The van der Waals surface area contributed by atoms with E-state index in [2.05, 4.69) is 34.6 Å². The van der Waals surface area contributed by atoms with Crippen LogP contribution in [0, 0.1) is 5.92 Å². The van der Waals surface area contributed by atoms with Gasteiger partial charge >= 0.3 is 0 Å². The van der Waals surface area contributed by atoms with E-state index >= 15 is 0 Å². The molecular formula is C13H22. The van der Waals surface area contributed by atoms with E-state index in [0.29, 0.717) is 0 Å². The van der Waals surface area contributed by atoms with Crippen LogP contribution in [0.25, 0.3) is 0 Å². The molecule has 0 heteroatoms. The van der Waals surface area contributed by atoms with Gasteiger partial charge in [-0.05, 0) is 64.0 Å². The average Bonchev–Trinajstić information content (AvgIpc) is 2.12. The highest BCUT2D eigenvalue weighted by Gasteiger charge is 2.12. The van der Waals surface area contributed by atoms with Crippen molar-refractivity contribution in [2.24, 2.45) is 5.92 Å². The minimum atomic E-state index is 0.781. The molecule has 13 heavy (non-hydrogen) atoms. The number of allylic oxidation sites excluding steroid dienone is 4. The highest BCUT2D eigenvalue weighted by atomic mass is 14.2. The first-order chi connectivity index (χ1) is 6.04. The summed E-state index contributed by atoms with van der Waals surface area (Å²) in [5, 5.41) is 0. The van der Waals surface area contributed by atoms with Gasteiger partial charge in [-0.3, -0.25) is 0 Å². The Bertz CT molecular complexity index is 253. The van der Waals surface area contributed by atoms with Crippen molar-refractivity contribution in [3.8, 4) is 0 Å². The maximum absolute atomic E-state index is 2.35. The molecule has 1 aliphatic carbocycles. The van der Waals surface area contributed by atoms with Crippen molar-refractivity contribution in [2.45, 2.75) is 53.9 Å². The molecule has 0 amide bonds. The van der Waals surface area contributed by atoms with Crippen LogP contribution in [0.2, 0.25) is 0 Å². The second-order valence-corrected chi connectivity index (χ2v) is 4.51. The molecular weight excluding hydrogens is 156 g/mol. The zero-order valence-electron chi connectivity index (χ0n) is 9.70. The lowest BCUT2D eigenvalue weighted by Crippen LogP contribution is -2.04. The largest absolute Gasteiger partial charge is 0.0701 e. The van der Waals surface area contributed by atoms with Gasteiger partial charge in [0.25, 0.3) is 0 Å². The van der Waals surface area contributed by atoms with Gasteiger partial charge < -0.3 is 0 Å². The SMILES string of the molecule is CC1=C(C)C(C)=C(C)C(C)CCC1. The summed E-state index contributed by atoms with van der Waals surface area (Å²) in [6.07, 6.45) is 4.00. The molecule has 0 nitrogen and oxygen atoms in total. The standard InChI is InChI=1S/C13H22/c1-9-7-6-8-10(2)12(4)13(5)11(9)3/h9H,6-8H2,1-5H3. The predicted octanol–water partition coefficient (Wildman–Crippen LogP) is 4.48. The summed E-state index contributed by atoms with van der Waals surface area (Å²) in [6.45, 7) is 11.5. The van der Waals surface area contributed by atoms with E-state index in [1.165, 1.54) is 30.4 Å². The Morgan fingerprint density at radius 2 is 1.62 bits per heavy atom. The summed E-state index contributed by atoms with van der Waals surface area (Å²) >= 11 is 0. The average molecular weight is 178 g/mol. The maximum Gasteiger partial charge on any atom is -0.0229 e. The van der Waals surface area contributed by atoms with Gasteiger partial charge in [0, 0.05) is 0 Å². The highest BCUT2D eigenvalue weighted by Crippen LogP contribution is 2.30. The van der Waals surface area contributed by atoms with Crippen LogP contribution in [0.5, 0.6) is 0 Å². The topological polar surface area (TPSA) is 0 Å². The molecule has 0 N–H and O–H groups in total. The van der Waals surface area contributed by atoms with Gasteiger partial charge in [-0.2, -0.15) is 0 Å². The van der Waals surface area contributed by atoms with Crippen molar-refractivity contribution >= 4 is 0 Å². The fraction of sp³-hybridized carbons (Fsp3) is 0.692. The maximum atomic E-state index is 2.35. The third kappa shape index (κ3) is 2.24. The van der Waals surface area contributed by atoms with Gasteiger partial charge in [0.15, 0.2) is 0 Å². The summed E-state index contributed by atoms with van der Waals surface area (Å²) in [4.78, 5) is 0. The van der Waals surface area contributed by atoms with Crippen molar-refractivity contribution in [3.05, 3.63) is 22.3 Å². The summed E-state index contributed by atoms with van der Waals surface area (Å²) in [7, 11) is 0. The zero-order valence-corrected chi connectivity index (χ0v) is 9.70. The molecule has 0 radical (unpaired) electrons. The van der Waals surface area contributed by atoms with E-state index in [0.717, 1.165) is 5.92 Å². The van der Waals surface area contributed by atoms with Gasteiger partial charge in [-0.15, -0.1) is 0 Å². The monoisotopic (exact) mass is 178 g/mol. The molecule has 0 aliphatic heterocycles. The van der Waals surface area contributed by atoms with E-state index < -0.39 is 0 Å². The van der Waals surface area contributed by atoms with Crippen molar-refractivity contribution in [1.82, 2.24) is 0 Å². The molecule has 0 aromatic rings. The van der Waals surface area contributed by atoms with Crippen LogP contribution in [0.3, 0.4) is 0 Å². The van der Waals surface area contributed by atoms with Crippen molar-refractivity contribution in [2.75, 3.05) is 0 Å². The molecule has 0 heterocycles.